The number of alkyl halides is 2. The number of hydrogen-bond acceptors (Lipinski definition) is 5. The lowest BCUT2D eigenvalue weighted by molar-refractivity contribution is -0.0919. The summed E-state index contributed by atoms with van der Waals surface area (Å²) in [6.45, 7) is 2.25. The fourth-order valence-corrected chi connectivity index (χ4v) is 2.61. The summed E-state index contributed by atoms with van der Waals surface area (Å²) in [5.74, 6) is 0. The first-order valence-corrected chi connectivity index (χ1v) is 10.2. The van der Waals surface area contributed by atoms with Gasteiger partial charge in [0.1, 0.15) is 13.2 Å². The Kier molecular flexibility index (Phi) is 7.96. The van der Waals surface area contributed by atoms with E-state index in [1.54, 1.807) is 0 Å². The summed E-state index contributed by atoms with van der Waals surface area (Å²) in [6.07, 6.45) is -6.24. The van der Waals surface area contributed by atoms with Gasteiger partial charge in [-0.15, -0.1) is 0 Å². The highest BCUT2D eigenvalue weighted by Crippen LogP contribution is 2.56. The lowest BCUT2D eigenvalue weighted by Crippen LogP contribution is -2.41. The maximum atomic E-state index is 13.7. The normalized spacial score (nSPS) is 16.6. The van der Waals surface area contributed by atoms with Crippen molar-refractivity contribution in [3.05, 3.63) is 35.9 Å². The van der Waals surface area contributed by atoms with Crippen molar-refractivity contribution >= 4 is 7.14 Å². The molecule has 0 aromatic heterocycles. The Bertz CT molecular complexity index is 535. The molecule has 8 heteroatoms. The van der Waals surface area contributed by atoms with Crippen LogP contribution in [0.1, 0.15) is 18.4 Å². The zero-order valence-corrected chi connectivity index (χ0v) is 14.7. The summed E-state index contributed by atoms with van der Waals surface area (Å²) >= 11 is 0. The van der Waals surface area contributed by atoms with Crippen LogP contribution in [-0.4, -0.2) is 59.2 Å². The molecule has 24 heavy (non-hydrogen) atoms. The van der Waals surface area contributed by atoms with Gasteiger partial charge < -0.3 is 24.6 Å². The van der Waals surface area contributed by atoms with Crippen LogP contribution >= 0.6 is 7.14 Å². The quantitative estimate of drug-likeness (QED) is 0.437. The van der Waals surface area contributed by atoms with Crippen LogP contribution in [0.5, 0.6) is 0 Å². The van der Waals surface area contributed by atoms with Crippen molar-refractivity contribution < 1.29 is 33.4 Å². The molecule has 0 amide bonds. The molecule has 3 atom stereocenters. The number of benzene rings is 1. The SMILES string of the molecule is CP(C)(=O)C(F)(F)C[C@@H](O)[C@@H](O)[C@@H](O)CCOCc1ccccc1. The summed E-state index contributed by atoms with van der Waals surface area (Å²) < 4.78 is 44.1. The predicted molar refractivity (Wildman–Crippen MR) is 87.8 cm³/mol. The lowest BCUT2D eigenvalue weighted by atomic mass is 10.0. The topological polar surface area (TPSA) is 87.0 Å². The second-order valence-electron chi connectivity index (χ2n) is 6.17. The van der Waals surface area contributed by atoms with Gasteiger partial charge in [0.05, 0.1) is 18.8 Å². The number of hydrogen-bond donors (Lipinski definition) is 3. The Morgan fingerprint density at radius 2 is 1.71 bits per heavy atom. The lowest BCUT2D eigenvalue weighted by Gasteiger charge is -2.28. The molecule has 5 nitrogen and oxygen atoms in total. The molecule has 0 spiro atoms. The van der Waals surface area contributed by atoms with Gasteiger partial charge >= 0.3 is 0 Å². The fourth-order valence-electron chi connectivity index (χ4n) is 1.99. The molecule has 0 fully saturated rings. The maximum Gasteiger partial charge on any atom is 0.300 e. The zero-order chi connectivity index (χ0) is 18.4. The maximum absolute atomic E-state index is 13.7. The van der Waals surface area contributed by atoms with Gasteiger partial charge in [-0.05, 0) is 25.3 Å². The minimum atomic E-state index is -3.76. The molecule has 3 N–H and O–H groups in total. The standard InChI is InChI=1S/C16H25F2O5P/c1-24(2,22)16(17,18)10-14(20)15(21)13(19)8-9-23-11-12-6-4-3-5-7-12/h3-7,13-15,19-21H,8-11H2,1-2H3/t13-,14+,15-/m0/s1. The summed E-state index contributed by atoms with van der Waals surface area (Å²) in [4.78, 5) is 0. The van der Waals surface area contributed by atoms with Gasteiger partial charge in [-0.3, -0.25) is 0 Å². The van der Waals surface area contributed by atoms with Gasteiger partial charge in [0.25, 0.3) is 5.66 Å². The number of halogens is 2. The molecule has 0 saturated carbocycles. The van der Waals surface area contributed by atoms with Crippen molar-refractivity contribution in [1.29, 1.82) is 0 Å². The third-order valence-corrected chi connectivity index (χ3v) is 5.46. The summed E-state index contributed by atoms with van der Waals surface area (Å²) in [5, 5.41) is 29.2. The molecule has 1 aromatic rings. The fraction of sp³-hybridized carbons (Fsp3) is 0.625. The number of aliphatic hydroxyl groups excluding tert-OH is 3. The van der Waals surface area contributed by atoms with Gasteiger partial charge in [-0.1, -0.05) is 30.3 Å². The van der Waals surface area contributed by atoms with E-state index in [-0.39, 0.29) is 13.0 Å². The highest BCUT2D eigenvalue weighted by Gasteiger charge is 2.46. The molecule has 0 radical (unpaired) electrons. The van der Waals surface area contributed by atoms with Crippen LogP contribution in [0.3, 0.4) is 0 Å². The van der Waals surface area contributed by atoms with Crippen molar-refractivity contribution in [2.45, 2.75) is 43.4 Å². The van der Waals surface area contributed by atoms with Crippen molar-refractivity contribution in [3.8, 4) is 0 Å². The summed E-state index contributed by atoms with van der Waals surface area (Å²) in [5.41, 5.74) is -2.66. The van der Waals surface area contributed by atoms with Crippen LogP contribution < -0.4 is 0 Å². The summed E-state index contributed by atoms with van der Waals surface area (Å²) in [6, 6.07) is 9.31. The van der Waals surface area contributed by atoms with Gasteiger partial charge in [0.15, 0.2) is 0 Å². The van der Waals surface area contributed by atoms with Crippen molar-refractivity contribution in [3.63, 3.8) is 0 Å². The molecular weight excluding hydrogens is 341 g/mol. The van der Waals surface area contributed by atoms with E-state index in [9.17, 15) is 28.7 Å². The largest absolute Gasteiger partial charge is 0.390 e. The monoisotopic (exact) mass is 366 g/mol. The third-order valence-electron chi connectivity index (χ3n) is 3.70. The first-order valence-electron chi connectivity index (χ1n) is 7.63. The molecule has 1 rings (SSSR count). The zero-order valence-electron chi connectivity index (χ0n) is 13.8. The molecule has 0 bridgehead atoms. The van der Waals surface area contributed by atoms with Gasteiger partial charge in [-0.25, -0.2) is 0 Å². The number of aliphatic hydroxyl groups is 3. The van der Waals surface area contributed by atoms with Crippen LogP contribution in [0.4, 0.5) is 8.78 Å². The molecule has 0 unspecified atom stereocenters. The average molecular weight is 366 g/mol. The molecule has 138 valence electrons. The van der Waals surface area contributed by atoms with E-state index < -0.39 is 37.5 Å². The van der Waals surface area contributed by atoms with E-state index in [0.29, 0.717) is 6.61 Å². The Morgan fingerprint density at radius 3 is 2.25 bits per heavy atom. The third kappa shape index (κ3) is 6.57. The van der Waals surface area contributed by atoms with Gasteiger partial charge in [0.2, 0.25) is 0 Å². The van der Waals surface area contributed by atoms with Crippen LogP contribution in [0.25, 0.3) is 0 Å². The van der Waals surface area contributed by atoms with E-state index in [1.165, 1.54) is 0 Å². The Morgan fingerprint density at radius 1 is 1.12 bits per heavy atom. The van der Waals surface area contributed by atoms with Crippen LogP contribution in [0, 0.1) is 0 Å². The average Bonchev–Trinajstić information content (AvgIpc) is 2.50. The minimum Gasteiger partial charge on any atom is -0.390 e. The van der Waals surface area contributed by atoms with E-state index >= 15 is 0 Å². The molecule has 0 heterocycles. The van der Waals surface area contributed by atoms with E-state index in [0.717, 1.165) is 18.9 Å². The minimum absolute atomic E-state index is 0.0213. The van der Waals surface area contributed by atoms with Crippen LogP contribution in [-0.2, 0) is 15.9 Å². The van der Waals surface area contributed by atoms with E-state index in [4.69, 9.17) is 4.74 Å². The second-order valence-corrected chi connectivity index (χ2v) is 9.53. The first-order chi connectivity index (χ1) is 11.0. The van der Waals surface area contributed by atoms with E-state index in [1.807, 2.05) is 30.3 Å². The molecular formula is C16H25F2O5P. The first kappa shape index (κ1) is 21.2. The van der Waals surface area contributed by atoms with E-state index in [2.05, 4.69) is 0 Å². The van der Waals surface area contributed by atoms with Gasteiger partial charge in [0, 0.05) is 13.0 Å². The van der Waals surface area contributed by atoms with Crippen molar-refractivity contribution in [1.82, 2.24) is 0 Å². The molecule has 0 aliphatic heterocycles. The van der Waals surface area contributed by atoms with Crippen LogP contribution in [0.2, 0.25) is 0 Å². The predicted octanol–water partition coefficient (Wildman–Crippen LogP) is 2.28. The number of ether oxygens (including phenoxy) is 1. The highest BCUT2D eigenvalue weighted by atomic mass is 31.2. The second kappa shape index (κ2) is 9.02. The Balaban J connectivity index is 2.38. The van der Waals surface area contributed by atoms with Crippen LogP contribution in [0.15, 0.2) is 30.3 Å². The molecule has 0 aliphatic carbocycles. The number of rotatable bonds is 10. The molecule has 1 aromatic carbocycles. The molecule has 0 saturated heterocycles. The Labute approximate surface area is 140 Å². The molecule has 0 aliphatic rings. The van der Waals surface area contributed by atoms with Gasteiger partial charge in [-0.2, -0.15) is 8.78 Å². The summed E-state index contributed by atoms with van der Waals surface area (Å²) in [7, 11) is -3.76. The van der Waals surface area contributed by atoms with Crippen molar-refractivity contribution in [2.24, 2.45) is 0 Å². The van der Waals surface area contributed by atoms with Crippen molar-refractivity contribution in [2.75, 3.05) is 19.9 Å². The highest BCUT2D eigenvalue weighted by molar-refractivity contribution is 7.63. The Hall–Kier alpha value is -0.850. The smallest absolute Gasteiger partial charge is 0.300 e.